The van der Waals surface area contributed by atoms with Crippen LogP contribution in [0.3, 0.4) is 0 Å². The molecular weight excluding hydrogens is 506 g/mol. The number of hydrogen-bond donors (Lipinski definition) is 0. The van der Waals surface area contributed by atoms with Gasteiger partial charge < -0.3 is 14.7 Å². The average Bonchev–Trinajstić information content (AvgIpc) is 2.90. The smallest absolute Gasteiger partial charge is 0.137 e. The van der Waals surface area contributed by atoms with Crippen LogP contribution in [0.2, 0.25) is 0 Å². The van der Waals surface area contributed by atoms with Crippen molar-refractivity contribution in [1.82, 2.24) is 0 Å². The summed E-state index contributed by atoms with van der Waals surface area (Å²) >= 11 is 0. The summed E-state index contributed by atoms with van der Waals surface area (Å²) in [6.45, 7) is 4.93. The molecule has 2 aromatic rings. The largest absolute Gasteiger partial charge is 0.504 e. The van der Waals surface area contributed by atoms with Crippen molar-refractivity contribution in [3.63, 3.8) is 0 Å². The number of Topliss-reactive ketones (excluding diaryl/α,β-unsaturated/α-hetero) is 2. The van der Waals surface area contributed by atoms with Gasteiger partial charge >= 0.3 is 0 Å². The van der Waals surface area contributed by atoms with Crippen molar-refractivity contribution in [2.24, 2.45) is 0 Å². The maximum Gasteiger partial charge on any atom is 0.137 e. The quantitative estimate of drug-likeness (QED) is 0.439. The van der Waals surface area contributed by atoms with Gasteiger partial charge in [-0.2, -0.15) is 24.9 Å². The second-order valence-corrected chi connectivity index (χ2v) is 6.29. The summed E-state index contributed by atoms with van der Waals surface area (Å²) < 4.78 is 0. The van der Waals surface area contributed by atoms with Crippen molar-refractivity contribution in [3.8, 4) is 0 Å². The minimum Gasteiger partial charge on any atom is -0.504 e. The zero-order valence-electron chi connectivity index (χ0n) is 15.2. The van der Waals surface area contributed by atoms with E-state index in [1.807, 2.05) is 12.1 Å². The number of rotatable bonds is 2. The van der Waals surface area contributed by atoms with Crippen LogP contribution >= 0.6 is 0 Å². The Labute approximate surface area is 167 Å². The third-order valence-electron chi connectivity index (χ3n) is 4.18. The molecule has 139 valence electrons. The monoisotopic (exact) mass is 528 g/mol. The zero-order valence-corrected chi connectivity index (χ0v) is 17.6. The van der Waals surface area contributed by atoms with Gasteiger partial charge in [0, 0.05) is 25.8 Å². The Hall–Kier alpha value is -2.17. The third-order valence-corrected chi connectivity index (χ3v) is 4.18. The Morgan fingerprint density at radius 3 is 2.23 bits per heavy atom. The summed E-state index contributed by atoms with van der Waals surface area (Å²) in [5, 5.41) is 0. The second-order valence-electron chi connectivity index (χ2n) is 6.29. The van der Waals surface area contributed by atoms with Gasteiger partial charge in [-0.15, -0.1) is 6.07 Å². The number of para-hydroxylation sites is 2. The summed E-state index contributed by atoms with van der Waals surface area (Å²) in [5.74, 6) is -0.125. The van der Waals surface area contributed by atoms with Crippen LogP contribution < -0.4 is 14.7 Å². The van der Waals surface area contributed by atoms with E-state index in [4.69, 9.17) is 0 Å². The molecule has 0 N–H and O–H groups in total. The van der Waals surface area contributed by atoms with Crippen molar-refractivity contribution >= 4 is 40.0 Å². The van der Waals surface area contributed by atoms with E-state index < -0.39 is 0 Å². The summed E-state index contributed by atoms with van der Waals surface area (Å²) in [6, 6.07) is 15.9. The Morgan fingerprint density at radius 2 is 1.62 bits per heavy atom. The molecule has 2 aliphatic rings. The average molecular weight is 528 g/mol. The Bertz CT molecular complexity index is 826. The minimum absolute atomic E-state index is 0. The van der Waals surface area contributed by atoms with E-state index in [1.165, 1.54) is 36.6 Å². The fourth-order valence-electron chi connectivity index (χ4n) is 3.15. The molecule has 2 aromatic carbocycles. The van der Waals surface area contributed by atoms with Gasteiger partial charge in [0.15, 0.2) is 0 Å². The molecule has 0 aliphatic carbocycles. The molecule has 6 heteroatoms. The van der Waals surface area contributed by atoms with Crippen LogP contribution in [0.5, 0.6) is 0 Å². The Morgan fingerprint density at radius 1 is 1.00 bits per heavy atom. The van der Waals surface area contributed by atoms with Crippen LogP contribution in [0.15, 0.2) is 36.4 Å². The van der Waals surface area contributed by atoms with Crippen LogP contribution in [-0.2, 0) is 29.7 Å². The molecule has 1 radical (unpaired) electrons. The van der Waals surface area contributed by atoms with Crippen LogP contribution in [0.1, 0.15) is 20.3 Å². The number of ketones is 2. The molecule has 0 fully saturated rings. The standard InChI is InChI=1S/C15H13N3.C5H8O2.Ir/c1-16-10-18-12-7-4-3-6-11(12)17(2)14-9-5-8-13(16)15(14)18;1-4(6)3-5(2)7;/h3-6,8-10H,1-2H3;3H2,1-2H3;/q-2;;. The molecule has 0 saturated carbocycles. The van der Waals surface area contributed by atoms with Crippen molar-refractivity contribution in [2.75, 3.05) is 28.8 Å². The summed E-state index contributed by atoms with van der Waals surface area (Å²) in [7, 11) is 4.19. The van der Waals surface area contributed by atoms with Gasteiger partial charge in [-0.25, -0.2) is 0 Å². The molecule has 0 bridgehead atoms. The maximum absolute atomic E-state index is 10.0. The molecule has 0 aromatic heterocycles. The van der Waals surface area contributed by atoms with Crippen LogP contribution in [-0.4, -0.2) is 25.7 Å². The number of nitrogens with zero attached hydrogens (tertiary/aromatic N) is 3. The topological polar surface area (TPSA) is 43.9 Å². The molecule has 5 nitrogen and oxygen atoms in total. The SMILES string of the molecule is CC(=O)CC(C)=O.CN1[CH-]N2c3[c-]cccc3N(C)c3cccc1c32.[Ir]. The molecule has 2 aliphatic heterocycles. The molecular formula is C20H21IrN3O2-2. The first-order chi connectivity index (χ1) is 11.9. The van der Waals surface area contributed by atoms with Crippen LogP contribution in [0.4, 0.5) is 28.4 Å². The Balaban J connectivity index is 0.000000265. The van der Waals surface area contributed by atoms with Gasteiger partial charge in [-0.3, -0.25) is 9.59 Å². The minimum atomic E-state index is -0.0625. The number of anilines is 5. The first-order valence-corrected chi connectivity index (χ1v) is 8.13. The maximum atomic E-state index is 10.0. The van der Waals surface area contributed by atoms with E-state index in [-0.39, 0.29) is 38.1 Å². The molecule has 0 saturated heterocycles. The van der Waals surface area contributed by atoms with Gasteiger partial charge in [0.1, 0.15) is 11.6 Å². The van der Waals surface area contributed by atoms with E-state index in [1.54, 1.807) is 0 Å². The molecule has 0 atom stereocenters. The molecule has 2 heterocycles. The number of carbonyl (C=O) groups is 2. The molecule has 0 amide bonds. The fourth-order valence-corrected chi connectivity index (χ4v) is 3.15. The zero-order chi connectivity index (χ0) is 18.1. The summed E-state index contributed by atoms with van der Waals surface area (Å²) in [6.07, 6.45) is 0.0833. The van der Waals surface area contributed by atoms with Gasteiger partial charge in [0.2, 0.25) is 0 Å². The van der Waals surface area contributed by atoms with Gasteiger partial charge in [0.05, 0.1) is 17.8 Å². The first-order valence-electron chi connectivity index (χ1n) is 8.13. The molecule has 0 spiro atoms. The van der Waals surface area contributed by atoms with Crippen molar-refractivity contribution in [3.05, 3.63) is 49.1 Å². The van der Waals surface area contributed by atoms with Gasteiger partial charge in [-0.05, 0) is 45.8 Å². The third kappa shape index (κ3) is 3.67. The van der Waals surface area contributed by atoms with Crippen molar-refractivity contribution in [1.29, 1.82) is 0 Å². The number of fused-ring (bicyclic) bond motifs is 2. The van der Waals surface area contributed by atoms with Crippen molar-refractivity contribution < 1.29 is 29.7 Å². The van der Waals surface area contributed by atoms with E-state index in [9.17, 15) is 9.59 Å². The van der Waals surface area contributed by atoms with E-state index >= 15 is 0 Å². The van der Waals surface area contributed by atoms with Gasteiger partial charge in [-0.1, -0.05) is 11.8 Å². The summed E-state index contributed by atoms with van der Waals surface area (Å²) in [4.78, 5) is 26.7. The van der Waals surface area contributed by atoms with Gasteiger partial charge in [0.25, 0.3) is 0 Å². The van der Waals surface area contributed by atoms with Crippen LogP contribution in [0.25, 0.3) is 0 Å². The second kappa shape index (κ2) is 8.02. The number of carbonyl (C=O) groups excluding carboxylic acids is 2. The predicted molar refractivity (Wildman–Crippen MR) is 101 cm³/mol. The van der Waals surface area contributed by atoms with Crippen LogP contribution in [0, 0.1) is 12.7 Å². The molecule has 0 unspecified atom stereocenters. The van der Waals surface area contributed by atoms with E-state index in [0.29, 0.717) is 0 Å². The van der Waals surface area contributed by atoms with E-state index in [0.717, 1.165) is 5.69 Å². The predicted octanol–water partition coefficient (Wildman–Crippen LogP) is 3.83. The van der Waals surface area contributed by atoms with E-state index in [2.05, 4.69) is 65.8 Å². The number of benzene rings is 2. The Kier molecular flexibility index (Phi) is 6.21. The molecule has 4 rings (SSSR count). The van der Waals surface area contributed by atoms with Crippen molar-refractivity contribution in [2.45, 2.75) is 20.3 Å². The molecule has 26 heavy (non-hydrogen) atoms. The first kappa shape index (κ1) is 20.1. The normalized spacial score (nSPS) is 13.2. The summed E-state index contributed by atoms with van der Waals surface area (Å²) in [5.41, 5.74) is 6.03. The fraction of sp³-hybridized carbons (Fsp3) is 0.250. The number of hydrogen-bond acceptors (Lipinski definition) is 5.